The van der Waals surface area contributed by atoms with E-state index in [0.717, 1.165) is 10.7 Å². The number of nitrogens with zero attached hydrogens (tertiary/aromatic N) is 4. The smallest absolute Gasteiger partial charge is 0.300 e. The first-order valence-electron chi connectivity index (χ1n) is 7.70. The molecule has 1 aromatic heterocycles. The highest BCUT2D eigenvalue weighted by Crippen LogP contribution is 2.32. The van der Waals surface area contributed by atoms with Gasteiger partial charge < -0.3 is 4.74 Å². The lowest BCUT2D eigenvalue weighted by atomic mass is 10.3. The summed E-state index contributed by atoms with van der Waals surface area (Å²) in [4.78, 5) is 12.4. The number of halogens is 1. The van der Waals surface area contributed by atoms with Crippen molar-refractivity contribution < 1.29 is 13.2 Å². The average Bonchev–Trinajstić information content (AvgIpc) is 3.01. The van der Waals surface area contributed by atoms with E-state index in [2.05, 4.69) is 15.3 Å². The van der Waals surface area contributed by atoms with E-state index in [1.807, 2.05) is 6.07 Å². The van der Waals surface area contributed by atoms with Crippen molar-refractivity contribution in [1.29, 1.82) is 5.26 Å². The zero-order valence-electron chi connectivity index (χ0n) is 14.3. The summed E-state index contributed by atoms with van der Waals surface area (Å²) in [5.41, 5.74) is -0.380. The molecule has 0 saturated heterocycles. The van der Waals surface area contributed by atoms with E-state index >= 15 is 0 Å². The number of rotatable bonds is 5. The lowest BCUT2D eigenvalue weighted by Crippen LogP contribution is -2.13. The van der Waals surface area contributed by atoms with Crippen LogP contribution in [-0.2, 0) is 9.05 Å². The van der Waals surface area contributed by atoms with Gasteiger partial charge >= 0.3 is 0 Å². The van der Waals surface area contributed by atoms with Gasteiger partial charge in [-0.25, -0.2) is 13.1 Å². The number of azo groups is 1. The van der Waals surface area contributed by atoms with Gasteiger partial charge in [0.2, 0.25) is 0 Å². The number of nitrogens with one attached hydrogen (secondary N) is 1. The van der Waals surface area contributed by atoms with Gasteiger partial charge in [0.25, 0.3) is 14.6 Å². The van der Waals surface area contributed by atoms with Crippen molar-refractivity contribution in [2.75, 3.05) is 7.11 Å². The first kappa shape index (κ1) is 19.3. The third kappa shape index (κ3) is 3.80. The molecule has 3 rings (SSSR count). The zero-order chi connectivity index (χ0) is 20.3. The SMILES string of the molecule is COc1ccc(S(=O)(=O)Cl)cc1N=Nc1c(C#N)[nH]n(-c2ccccc2)c1=O. The van der Waals surface area contributed by atoms with Gasteiger partial charge in [0.15, 0.2) is 11.4 Å². The number of H-pyrrole nitrogens is 1. The first-order chi connectivity index (χ1) is 13.3. The minimum absolute atomic E-state index is 0.0278. The first-order valence-corrected chi connectivity index (χ1v) is 10.0. The Labute approximate surface area is 163 Å². The van der Waals surface area contributed by atoms with Crippen LogP contribution in [-0.4, -0.2) is 25.3 Å². The molecule has 3 aromatic rings. The van der Waals surface area contributed by atoms with E-state index < -0.39 is 14.6 Å². The van der Waals surface area contributed by atoms with Gasteiger partial charge in [-0.15, -0.1) is 10.2 Å². The summed E-state index contributed by atoms with van der Waals surface area (Å²) in [7, 11) is 2.71. The summed E-state index contributed by atoms with van der Waals surface area (Å²) in [5.74, 6) is 0.213. The molecule has 1 N–H and O–H groups in total. The summed E-state index contributed by atoms with van der Waals surface area (Å²) >= 11 is 0. The quantitative estimate of drug-likeness (QED) is 0.502. The molecule has 0 bridgehead atoms. The number of aromatic amines is 1. The van der Waals surface area contributed by atoms with Crippen LogP contribution in [0.25, 0.3) is 5.69 Å². The summed E-state index contributed by atoms with van der Waals surface area (Å²) in [6, 6.07) is 14.2. The van der Waals surface area contributed by atoms with E-state index in [0.29, 0.717) is 5.69 Å². The van der Waals surface area contributed by atoms with Crippen molar-refractivity contribution in [2.24, 2.45) is 10.2 Å². The van der Waals surface area contributed by atoms with E-state index in [9.17, 15) is 18.5 Å². The molecule has 28 heavy (non-hydrogen) atoms. The number of hydrogen-bond donors (Lipinski definition) is 1. The monoisotopic (exact) mass is 417 g/mol. The zero-order valence-corrected chi connectivity index (χ0v) is 15.9. The molecule has 2 aromatic carbocycles. The van der Waals surface area contributed by atoms with Crippen molar-refractivity contribution in [1.82, 2.24) is 9.78 Å². The lowest BCUT2D eigenvalue weighted by molar-refractivity contribution is 0.415. The molecule has 9 nitrogen and oxygen atoms in total. The fraction of sp³-hybridized carbons (Fsp3) is 0.0588. The number of methoxy groups -OCH3 is 1. The van der Waals surface area contributed by atoms with Gasteiger partial charge in [-0.1, -0.05) is 18.2 Å². The second kappa shape index (κ2) is 7.67. The standard InChI is InChI=1S/C17H12ClN5O4S/c1-27-15-8-7-12(28(18,25)26)9-13(15)20-21-16-14(10-19)22-23(17(16)24)11-5-3-2-4-6-11/h2-9,22H,1H3. The highest BCUT2D eigenvalue weighted by molar-refractivity contribution is 8.13. The highest BCUT2D eigenvalue weighted by Gasteiger charge is 2.17. The van der Waals surface area contributed by atoms with Crippen LogP contribution >= 0.6 is 10.7 Å². The number of nitriles is 1. The number of para-hydroxylation sites is 1. The summed E-state index contributed by atoms with van der Waals surface area (Å²) in [6.07, 6.45) is 0. The second-order valence-corrected chi connectivity index (χ2v) is 7.96. The van der Waals surface area contributed by atoms with Crippen LogP contribution in [0.5, 0.6) is 5.75 Å². The molecule has 0 atom stereocenters. The largest absolute Gasteiger partial charge is 0.494 e. The molecule has 0 radical (unpaired) electrons. The Morgan fingerprint density at radius 1 is 1.18 bits per heavy atom. The maximum atomic E-state index is 12.6. The third-order valence-electron chi connectivity index (χ3n) is 3.68. The maximum absolute atomic E-state index is 12.6. The van der Waals surface area contributed by atoms with Gasteiger partial charge in [-0.3, -0.25) is 9.89 Å². The van der Waals surface area contributed by atoms with Gasteiger partial charge in [-0.2, -0.15) is 5.26 Å². The van der Waals surface area contributed by atoms with Crippen LogP contribution in [0.4, 0.5) is 11.4 Å². The molecule has 11 heteroatoms. The summed E-state index contributed by atoms with van der Waals surface area (Å²) in [5, 5.41) is 19.7. The number of hydrogen-bond acceptors (Lipinski definition) is 7. The van der Waals surface area contributed by atoms with E-state index in [4.69, 9.17) is 15.4 Å². The normalized spacial score (nSPS) is 11.5. The molecular weight excluding hydrogens is 406 g/mol. The van der Waals surface area contributed by atoms with Crippen LogP contribution in [0, 0.1) is 11.3 Å². The number of benzene rings is 2. The van der Waals surface area contributed by atoms with Gasteiger partial charge in [0, 0.05) is 10.7 Å². The average molecular weight is 418 g/mol. The maximum Gasteiger partial charge on any atom is 0.300 e. The Bertz CT molecular complexity index is 1260. The molecular formula is C17H12ClN5O4S. The van der Waals surface area contributed by atoms with Gasteiger partial charge in [-0.05, 0) is 30.3 Å². The molecule has 0 aliphatic carbocycles. The number of aromatic nitrogens is 2. The van der Waals surface area contributed by atoms with E-state index in [1.165, 1.54) is 19.2 Å². The van der Waals surface area contributed by atoms with Crippen molar-refractivity contribution in [2.45, 2.75) is 4.90 Å². The molecule has 142 valence electrons. The predicted octanol–water partition coefficient (Wildman–Crippen LogP) is 3.39. The summed E-state index contributed by atoms with van der Waals surface area (Å²) in [6.45, 7) is 0. The van der Waals surface area contributed by atoms with E-state index in [-0.39, 0.29) is 27.7 Å². The molecule has 0 fully saturated rings. The summed E-state index contributed by atoms with van der Waals surface area (Å²) < 4.78 is 29.3. The van der Waals surface area contributed by atoms with Crippen LogP contribution < -0.4 is 10.3 Å². The van der Waals surface area contributed by atoms with Crippen molar-refractivity contribution in [3.63, 3.8) is 0 Å². The molecule has 0 unspecified atom stereocenters. The predicted molar refractivity (Wildman–Crippen MR) is 101 cm³/mol. The Morgan fingerprint density at radius 3 is 2.50 bits per heavy atom. The van der Waals surface area contributed by atoms with Crippen molar-refractivity contribution in [3.05, 3.63) is 64.6 Å². The fourth-order valence-electron chi connectivity index (χ4n) is 2.36. The van der Waals surface area contributed by atoms with Crippen LogP contribution in [0.15, 0.2) is 68.4 Å². The van der Waals surface area contributed by atoms with Crippen LogP contribution in [0.1, 0.15) is 5.69 Å². The van der Waals surface area contributed by atoms with Crippen molar-refractivity contribution in [3.8, 4) is 17.5 Å². The van der Waals surface area contributed by atoms with Crippen LogP contribution in [0.3, 0.4) is 0 Å². The van der Waals surface area contributed by atoms with Crippen molar-refractivity contribution >= 4 is 31.1 Å². The van der Waals surface area contributed by atoms with Gasteiger partial charge in [0.1, 0.15) is 17.5 Å². The Kier molecular flexibility index (Phi) is 5.30. The molecule has 0 aliphatic heterocycles. The fourth-order valence-corrected chi connectivity index (χ4v) is 3.13. The lowest BCUT2D eigenvalue weighted by Gasteiger charge is -2.04. The van der Waals surface area contributed by atoms with E-state index in [1.54, 1.807) is 30.3 Å². The third-order valence-corrected chi connectivity index (χ3v) is 5.03. The molecule has 0 aliphatic rings. The van der Waals surface area contributed by atoms with Gasteiger partial charge in [0.05, 0.1) is 17.7 Å². The second-order valence-electron chi connectivity index (χ2n) is 5.39. The Hall–Kier alpha value is -3.42. The number of ether oxygens (including phenoxy) is 1. The molecule has 0 saturated carbocycles. The highest BCUT2D eigenvalue weighted by atomic mass is 35.7. The molecule has 0 spiro atoms. The minimum Gasteiger partial charge on any atom is -0.494 e. The minimum atomic E-state index is -4.00. The Balaban J connectivity index is 2.10. The topological polar surface area (TPSA) is 130 Å². The molecule has 1 heterocycles. The van der Waals surface area contributed by atoms with Crippen LogP contribution in [0.2, 0.25) is 0 Å². The Morgan fingerprint density at radius 2 is 1.89 bits per heavy atom. The molecule has 0 amide bonds.